The first-order valence-corrected chi connectivity index (χ1v) is 11.6. The lowest BCUT2D eigenvalue weighted by atomic mass is 10.00. The third-order valence-corrected chi connectivity index (χ3v) is 6.80. The zero-order valence-electron chi connectivity index (χ0n) is 17.3. The molecule has 1 heterocycles. The lowest BCUT2D eigenvalue weighted by Crippen LogP contribution is -2.29. The Hall–Kier alpha value is -2.76. The van der Waals surface area contributed by atoms with E-state index in [2.05, 4.69) is 25.2 Å². The summed E-state index contributed by atoms with van der Waals surface area (Å²) in [5, 5.41) is 3.20. The average molecular weight is 451 g/mol. The molecular formula is C25H23ClN2O2S. The summed E-state index contributed by atoms with van der Waals surface area (Å²) in [4.78, 5) is 27.2. The van der Waals surface area contributed by atoms with Gasteiger partial charge in [0.15, 0.2) is 0 Å². The second kappa shape index (κ2) is 9.16. The molecule has 158 valence electrons. The molecule has 0 unspecified atom stereocenters. The van der Waals surface area contributed by atoms with Crippen LogP contribution in [-0.4, -0.2) is 17.6 Å². The highest BCUT2D eigenvalue weighted by molar-refractivity contribution is 8.00. The summed E-state index contributed by atoms with van der Waals surface area (Å²) in [6, 6.07) is 22.7. The van der Waals surface area contributed by atoms with Crippen LogP contribution in [0, 0.1) is 0 Å². The van der Waals surface area contributed by atoms with Crippen molar-refractivity contribution in [2.75, 3.05) is 16.0 Å². The lowest BCUT2D eigenvalue weighted by molar-refractivity contribution is -0.115. The average Bonchev–Trinajstić information content (AvgIpc) is 3.15. The zero-order valence-corrected chi connectivity index (χ0v) is 18.9. The highest BCUT2D eigenvalue weighted by Gasteiger charge is 2.35. The standard InChI is InChI=1S/C25H23ClN2O2S/c1-16(2)19-7-4-6-10-22(19)28-23(29)15-31-25(28)17-11-13-18(14-12-17)27-24(30)20-8-3-5-9-21(20)26/h3-14,16,25H,15H2,1-2H3,(H,27,30)/t25-/m0/s1. The van der Waals surface area contributed by atoms with E-state index in [0.29, 0.717) is 27.9 Å². The van der Waals surface area contributed by atoms with E-state index in [1.54, 1.807) is 36.0 Å². The second-order valence-electron chi connectivity index (χ2n) is 7.70. The van der Waals surface area contributed by atoms with Crippen LogP contribution in [0.1, 0.15) is 46.6 Å². The Kier molecular flexibility index (Phi) is 6.35. The van der Waals surface area contributed by atoms with Crippen LogP contribution in [0.4, 0.5) is 11.4 Å². The quantitative estimate of drug-likeness (QED) is 0.483. The van der Waals surface area contributed by atoms with E-state index in [-0.39, 0.29) is 17.2 Å². The molecule has 3 aromatic rings. The van der Waals surface area contributed by atoms with Gasteiger partial charge in [-0.15, -0.1) is 11.8 Å². The summed E-state index contributed by atoms with van der Waals surface area (Å²) in [6.07, 6.45) is 0. The van der Waals surface area contributed by atoms with Crippen molar-refractivity contribution in [3.63, 3.8) is 0 Å². The fourth-order valence-electron chi connectivity index (χ4n) is 3.70. The second-order valence-corrected chi connectivity index (χ2v) is 9.17. The normalized spacial score (nSPS) is 16.1. The van der Waals surface area contributed by atoms with Gasteiger partial charge in [0, 0.05) is 11.4 Å². The summed E-state index contributed by atoms with van der Waals surface area (Å²) in [5.74, 6) is 0.621. The highest BCUT2D eigenvalue weighted by Crippen LogP contribution is 2.44. The smallest absolute Gasteiger partial charge is 0.257 e. The number of nitrogens with one attached hydrogen (secondary N) is 1. The fourth-order valence-corrected chi connectivity index (χ4v) is 5.09. The molecule has 3 aromatic carbocycles. The molecule has 0 aromatic heterocycles. The molecule has 6 heteroatoms. The molecule has 0 bridgehead atoms. The molecule has 4 rings (SSSR count). The Morgan fingerprint density at radius 1 is 1.03 bits per heavy atom. The molecule has 1 fully saturated rings. The number of hydrogen-bond acceptors (Lipinski definition) is 3. The molecule has 1 aliphatic heterocycles. The number of anilines is 2. The van der Waals surface area contributed by atoms with E-state index in [1.165, 1.54) is 0 Å². The van der Waals surface area contributed by atoms with Gasteiger partial charge in [-0.3, -0.25) is 14.5 Å². The summed E-state index contributed by atoms with van der Waals surface area (Å²) in [5.41, 5.74) is 4.25. The van der Waals surface area contributed by atoms with Gasteiger partial charge in [0.05, 0.1) is 16.3 Å². The van der Waals surface area contributed by atoms with E-state index < -0.39 is 0 Å². The molecule has 1 atom stereocenters. The lowest BCUT2D eigenvalue weighted by Gasteiger charge is -2.27. The molecule has 1 saturated heterocycles. The van der Waals surface area contributed by atoms with Crippen molar-refractivity contribution in [3.05, 3.63) is 94.5 Å². The maximum atomic E-state index is 12.8. The van der Waals surface area contributed by atoms with E-state index in [9.17, 15) is 9.59 Å². The number of carbonyl (C=O) groups is 2. The molecule has 0 aliphatic carbocycles. The number of para-hydroxylation sites is 1. The summed E-state index contributed by atoms with van der Waals surface area (Å²) in [6.45, 7) is 4.27. The largest absolute Gasteiger partial charge is 0.322 e. The van der Waals surface area contributed by atoms with Gasteiger partial charge in [-0.1, -0.05) is 67.9 Å². The molecule has 0 radical (unpaired) electrons. The van der Waals surface area contributed by atoms with Crippen molar-refractivity contribution in [1.82, 2.24) is 0 Å². The third-order valence-electron chi connectivity index (χ3n) is 5.26. The number of carbonyl (C=O) groups excluding carboxylic acids is 2. The molecular weight excluding hydrogens is 428 g/mol. The molecule has 4 nitrogen and oxygen atoms in total. The predicted molar refractivity (Wildman–Crippen MR) is 129 cm³/mol. The van der Waals surface area contributed by atoms with Gasteiger partial charge in [0.25, 0.3) is 5.91 Å². The Bertz CT molecular complexity index is 1110. The number of hydrogen-bond donors (Lipinski definition) is 1. The monoisotopic (exact) mass is 450 g/mol. The van der Waals surface area contributed by atoms with Crippen LogP contribution in [0.15, 0.2) is 72.8 Å². The zero-order chi connectivity index (χ0) is 22.0. The molecule has 1 aliphatic rings. The minimum absolute atomic E-state index is 0.0966. The Balaban J connectivity index is 1.57. The van der Waals surface area contributed by atoms with E-state index in [4.69, 9.17) is 11.6 Å². The SMILES string of the molecule is CC(C)c1ccccc1N1C(=O)CS[C@H]1c1ccc(NC(=O)c2ccccc2Cl)cc1. The Labute approximate surface area is 191 Å². The van der Waals surface area contributed by atoms with Gasteiger partial charge in [-0.2, -0.15) is 0 Å². The van der Waals surface area contributed by atoms with Gasteiger partial charge >= 0.3 is 0 Å². The molecule has 31 heavy (non-hydrogen) atoms. The first-order chi connectivity index (χ1) is 15.0. The van der Waals surface area contributed by atoms with Crippen molar-refractivity contribution < 1.29 is 9.59 Å². The molecule has 0 spiro atoms. The fraction of sp³-hybridized carbons (Fsp3) is 0.200. The van der Waals surface area contributed by atoms with E-state index in [0.717, 1.165) is 16.8 Å². The van der Waals surface area contributed by atoms with Crippen molar-refractivity contribution in [2.24, 2.45) is 0 Å². The van der Waals surface area contributed by atoms with Gasteiger partial charge < -0.3 is 5.32 Å². The maximum Gasteiger partial charge on any atom is 0.257 e. The van der Waals surface area contributed by atoms with Gasteiger partial charge in [-0.05, 0) is 47.4 Å². The van der Waals surface area contributed by atoms with E-state index >= 15 is 0 Å². The first kappa shape index (κ1) is 21.5. The summed E-state index contributed by atoms with van der Waals surface area (Å²) in [7, 11) is 0. The van der Waals surface area contributed by atoms with Gasteiger partial charge in [0.2, 0.25) is 5.91 Å². The number of benzene rings is 3. The molecule has 0 saturated carbocycles. The van der Waals surface area contributed by atoms with Crippen LogP contribution in [0.25, 0.3) is 0 Å². The predicted octanol–water partition coefficient (Wildman–Crippen LogP) is 6.49. The van der Waals surface area contributed by atoms with E-state index in [1.807, 2.05) is 47.4 Å². The summed E-state index contributed by atoms with van der Waals surface area (Å²) >= 11 is 7.74. The Morgan fingerprint density at radius 3 is 2.42 bits per heavy atom. The van der Waals surface area contributed by atoms with Crippen molar-refractivity contribution >= 4 is 46.6 Å². The Morgan fingerprint density at radius 2 is 1.71 bits per heavy atom. The third kappa shape index (κ3) is 4.48. The number of halogens is 1. The van der Waals surface area contributed by atoms with Crippen LogP contribution in [0.2, 0.25) is 5.02 Å². The number of amides is 2. The number of rotatable bonds is 5. The number of nitrogens with zero attached hydrogens (tertiary/aromatic N) is 1. The van der Waals surface area contributed by atoms with Crippen molar-refractivity contribution in [2.45, 2.75) is 25.1 Å². The topological polar surface area (TPSA) is 49.4 Å². The van der Waals surface area contributed by atoms with Gasteiger partial charge in [-0.25, -0.2) is 0 Å². The van der Waals surface area contributed by atoms with Crippen LogP contribution in [0.3, 0.4) is 0 Å². The first-order valence-electron chi connectivity index (χ1n) is 10.1. The number of thioether (sulfide) groups is 1. The van der Waals surface area contributed by atoms with Gasteiger partial charge in [0.1, 0.15) is 5.37 Å². The maximum absolute atomic E-state index is 12.8. The van der Waals surface area contributed by atoms with Crippen molar-refractivity contribution in [3.8, 4) is 0 Å². The molecule has 2 amide bonds. The van der Waals surface area contributed by atoms with Crippen LogP contribution in [0.5, 0.6) is 0 Å². The van der Waals surface area contributed by atoms with Crippen LogP contribution >= 0.6 is 23.4 Å². The van der Waals surface area contributed by atoms with Crippen LogP contribution in [-0.2, 0) is 4.79 Å². The minimum atomic E-state index is -0.253. The highest BCUT2D eigenvalue weighted by atomic mass is 35.5. The summed E-state index contributed by atoms with van der Waals surface area (Å²) < 4.78 is 0. The molecule has 1 N–H and O–H groups in total. The van der Waals surface area contributed by atoms with Crippen molar-refractivity contribution in [1.29, 1.82) is 0 Å². The minimum Gasteiger partial charge on any atom is -0.322 e. The van der Waals surface area contributed by atoms with Crippen LogP contribution < -0.4 is 10.2 Å².